The predicted molar refractivity (Wildman–Crippen MR) is 120 cm³/mol. The third-order valence-electron chi connectivity index (χ3n) is 5.69. The molecule has 4 N–H and O–H groups in total. The number of hydrogen-bond donors (Lipinski definition) is 4. The van der Waals surface area contributed by atoms with Crippen LogP contribution in [0.4, 0.5) is 16.2 Å². The maximum Gasteiger partial charge on any atom is 0.319 e. The van der Waals surface area contributed by atoms with Gasteiger partial charge in [0.25, 0.3) is 5.91 Å². The number of nitrogens with one attached hydrogen (secondary N) is 4. The van der Waals surface area contributed by atoms with Crippen molar-refractivity contribution in [2.24, 2.45) is 5.92 Å². The molecule has 7 heteroatoms. The second-order valence-corrected chi connectivity index (χ2v) is 8.30. The van der Waals surface area contributed by atoms with E-state index >= 15 is 0 Å². The number of hydrogen-bond acceptors (Lipinski definition) is 3. The van der Waals surface area contributed by atoms with Gasteiger partial charge in [-0.2, -0.15) is 0 Å². The minimum absolute atomic E-state index is 0.0817. The topological polar surface area (TPSA) is 99.3 Å². The molecule has 7 nitrogen and oxygen atoms in total. The molecule has 2 aliphatic rings. The minimum Gasteiger partial charge on any atom is -0.348 e. The maximum atomic E-state index is 12.5. The number of anilines is 2. The minimum atomic E-state index is -0.223. The van der Waals surface area contributed by atoms with E-state index in [9.17, 15) is 14.4 Å². The summed E-state index contributed by atoms with van der Waals surface area (Å²) in [7, 11) is 0. The summed E-state index contributed by atoms with van der Waals surface area (Å²) in [5.41, 5.74) is 2.82. The highest BCUT2D eigenvalue weighted by atomic mass is 16.2. The molecular formula is C24H28N4O3. The lowest BCUT2D eigenvalue weighted by atomic mass is 10.1. The smallest absolute Gasteiger partial charge is 0.319 e. The lowest BCUT2D eigenvalue weighted by molar-refractivity contribution is -0.119. The van der Waals surface area contributed by atoms with Crippen molar-refractivity contribution in [2.75, 3.05) is 10.6 Å². The van der Waals surface area contributed by atoms with E-state index in [0.29, 0.717) is 23.8 Å². The Morgan fingerprint density at radius 1 is 0.839 bits per heavy atom. The summed E-state index contributed by atoms with van der Waals surface area (Å²) in [5.74, 6) is -0.00632. The highest BCUT2D eigenvalue weighted by Gasteiger charge is 2.23. The van der Waals surface area contributed by atoms with Crippen LogP contribution >= 0.6 is 0 Å². The van der Waals surface area contributed by atoms with Crippen LogP contribution in [0.25, 0.3) is 0 Å². The summed E-state index contributed by atoms with van der Waals surface area (Å²) in [4.78, 5) is 36.6. The van der Waals surface area contributed by atoms with Crippen LogP contribution in [0.5, 0.6) is 0 Å². The van der Waals surface area contributed by atoms with Gasteiger partial charge in [-0.15, -0.1) is 0 Å². The predicted octanol–water partition coefficient (Wildman–Crippen LogP) is 4.03. The molecule has 0 aliphatic heterocycles. The standard InChI is InChI=1S/C24H28N4O3/c29-22(18-8-10-19(11-9-18)27-24(31)28-20-12-13-20)25-15-16-4-3-7-21(14-16)26-23(30)17-5-1-2-6-17/h3-4,7-11,14,17,20H,1-2,5-6,12-13,15H2,(H,25,29)(H,26,30)(H2,27,28,31). The first-order chi connectivity index (χ1) is 15.1. The van der Waals surface area contributed by atoms with Crippen molar-refractivity contribution < 1.29 is 14.4 Å². The van der Waals surface area contributed by atoms with Crippen molar-refractivity contribution in [1.29, 1.82) is 0 Å². The van der Waals surface area contributed by atoms with Gasteiger partial charge >= 0.3 is 6.03 Å². The average Bonchev–Trinajstić information content (AvgIpc) is 3.40. The fourth-order valence-electron chi connectivity index (χ4n) is 3.76. The summed E-state index contributed by atoms with van der Waals surface area (Å²) in [6.45, 7) is 0.357. The van der Waals surface area contributed by atoms with Crippen molar-refractivity contribution in [3.05, 3.63) is 59.7 Å². The molecular weight excluding hydrogens is 392 g/mol. The first kappa shape index (κ1) is 20.9. The normalized spacial score (nSPS) is 15.9. The largest absolute Gasteiger partial charge is 0.348 e. The molecule has 0 bridgehead atoms. The Balaban J connectivity index is 1.27. The SMILES string of the molecule is O=C(Nc1ccc(C(=O)NCc2cccc(NC(=O)C3CCCC3)c2)cc1)NC1CC1. The molecule has 2 aliphatic carbocycles. The Kier molecular flexibility index (Phi) is 6.50. The first-order valence-corrected chi connectivity index (χ1v) is 10.9. The van der Waals surface area contributed by atoms with Gasteiger partial charge in [0.05, 0.1) is 0 Å². The zero-order valence-electron chi connectivity index (χ0n) is 17.4. The van der Waals surface area contributed by atoms with E-state index in [1.165, 1.54) is 0 Å². The van der Waals surface area contributed by atoms with E-state index in [0.717, 1.165) is 49.8 Å². The quantitative estimate of drug-likeness (QED) is 0.544. The van der Waals surface area contributed by atoms with Crippen LogP contribution in [-0.4, -0.2) is 23.9 Å². The third-order valence-corrected chi connectivity index (χ3v) is 5.69. The van der Waals surface area contributed by atoms with Crippen molar-refractivity contribution in [1.82, 2.24) is 10.6 Å². The zero-order valence-corrected chi connectivity index (χ0v) is 17.4. The number of rotatable bonds is 7. The molecule has 2 aromatic carbocycles. The molecule has 31 heavy (non-hydrogen) atoms. The fourth-order valence-corrected chi connectivity index (χ4v) is 3.76. The summed E-state index contributed by atoms with van der Waals surface area (Å²) in [6, 6.07) is 14.4. The van der Waals surface area contributed by atoms with Crippen LogP contribution in [0.3, 0.4) is 0 Å². The van der Waals surface area contributed by atoms with Crippen molar-refractivity contribution in [3.8, 4) is 0 Å². The van der Waals surface area contributed by atoms with Gasteiger partial charge in [-0.3, -0.25) is 9.59 Å². The van der Waals surface area contributed by atoms with E-state index in [4.69, 9.17) is 0 Å². The van der Waals surface area contributed by atoms with E-state index in [1.807, 2.05) is 24.3 Å². The van der Waals surface area contributed by atoms with E-state index in [2.05, 4.69) is 21.3 Å². The summed E-state index contributed by atoms with van der Waals surface area (Å²) >= 11 is 0. The monoisotopic (exact) mass is 420 g/mol. The summed E-state index contributed by atoms with van der Waals surface area (Å²) in [5, 5.41) is 11.5. The second kappa shape index (κ2) is 9.64. The van der Waals surface area contributed by atoms with Gasteiger partial charge in [-0.25, -0.2) is 4.79 Å². The van der Waals surface area contributed by atoms with Gasteiger partial charge in [-0.1, -0.05) is 25.0 Å². The Hall–Kier alpha value is -3.35. The molecule has 0 atom stereocenters. The van der Waals surface area contributed by atoms with Crippen LogP contribution in [0.2, 0.25) is 0 Å². The van der Waals surface area contributed by atoms with Gasteiger partial charge in [0, 0.05) is 35.4 Å². The average molecular weight is 421 g/mol. The van der Waals surface area contributed by atoms with E-state index in [-0.39, 0.29) is 23.8 Å². The van der Waals surface area contributed by atoms with E-state index < -0.39 is 0 Å². The second-order valence-electron chi connectivity index (χ2n) is 8.30. The van der Waals surface area contributed by atoms with Gasteiger partial charge in [0.2, 0.25) is 5.91 Å². The van der Waals surface area contributed by atoms with Crippen LogP contribution < -0.4 is 21.3 Å². The Morgan fingerprint density at radius 3 is 2.29 bits per heavy atom. The molecule has 4 rings (SSSR count). The number of urea groups is 1. The number of carbonyl (C=O) groups is 3. The molecule has 4 amide bonds. The van der Waals surface area contributed by atoms with Gasteiger partial charge in [-0.05, 0) is 67.6 Å². The number of carbonyl (C=O) groups excluding carboxylic acids is 3. The molecule has 2 fully saturated rings. The fraction of sp³-hybridized carbons (Fsp3) is 0.375. The van der Waals surface area contributed by atoms with Crippen LogP contribution in [0.1, 0.15) is 54.4 Å². The van der Waals surface area contributed by atoms with Crippen molar-refractivity contribution in [3.63, 3.8) is 0 Å². The maximum absolute atomic E-state index is 12.5. The van der Waals surface area contributed by atoms with E-state index in [1.54, 1.807) is 24.3 Å². The lowest BCUT2D eigenvalue weighted by Gasteiger charge is -2.12. The molecule has 0 radical (unpaired) electrons. The number of benzene rings is 2. The Labute approximate surface area is 182 Å². The van der Waals surface area contributed by atoms with Gasteiger partial charge < -0.3 is 21.3 Å². The summed E-state index contributed by atoms with van der Waals surface area (Å²) < 4.78 is 0. The van der Waals surface area contributed by atoms with Crippen LogP contribution in [0, 0.1) is 5.92 Å². The zero-order chi connectivity index (χ0) is 21.6. The number of amides is 4. The Morgan fingerprint density at radius 2 is 1.58 bits per heavy atom. The lowest BCUT2D eigenvalue weighted by Crippen LogP contribution is -2.30. The molecule has 0 spiro atoms. The highest BCUT2D eigenvalue weighted by Crippen LogP contribution is 2.26. The van der Waals surface area contributed by atoms with Crippen molar-refractivity contribution >= 4 is 29.2 Å². The third kappa shape index (κ3) is 6.07. The van der Waals surface area contributed by atoms with Gasteiger partial charge in [0.1, 0.15) is 0 Å². The molecule has 0 saturated heterocycles. The Bertz CT molecular complexity index is 948. The molecule has 0 heterocycles. The molecule has 0 aromatic heterocycles. The molecule has 2 saturated carbocycles. The molecule has 2 aromatic rings. The van der Waals surface area contributed by atoms with Crippen molar-refractivity contribution in [2.45, 2.75) is 51.1 Å². The highest BCUT2D eigenvalue weighted by molar-refractivity contribution is 5.95. The summed E-state index contributed by atoms with van der Waals surface area (Å²) in [6.07, 6.45) is 6.22. The van der Waals surface area contributed by atoms with Gasteiger partial charge in [0.15, 0.2) is 0 Å². The van der Waals surface area contributed by atoms with Crippen LogP contribution in [-0.2, 0) is 11.3 Å². The molecule has 162 valence electrons. The molecule has 0 unspecified atom stereocenters. The van der Waals surface area contributed by atoms with Crippen LogP contribution in [0.15, 0.2) is 48.5 Å². The first-order valence-electron chi connectivity index (χ1n) is 10.9.